The number of methoxy groups -OCH3 is 2. The van der Waals surface area contributed by atoms with E-state index in [1.54, 1.807) is 44.7 Å². The van der Waals surface area contributed by atoms with Gasteiger partial charge in [0.15, 0.2) is 0 Å². The van der Waals surface area contributed by atoms with Gasteiger partial charge in [0.1, 0.15) is 11.5 Å². The summed E-state index contributed by atoms with van der Waals surface area (Å²) in [5.41, 5.74) is 3.47. The molecule has 0 spiro atoms. The number of ether oxygens (including phenoxy) is 2. The average molecular weight is 496 g/mol. The zero-order chi connectivity index (χ0) is 26.2. The van der Waals surface area contributed by atoms with Crippen LogP contribution in [-0.4, -0.2) is 26.0 Å². The standard InChI is InChI=1S/C30H29N3O4/c1-20-28(30(35)33-25-14-8-10-16-27(25)37-3)22(18-17-21-11-5-4-6-12-21)23(19-31-20)29(34)32-24-13-7-9-15-26(24)36-2/h4-19,22,31H,1-3H3,(H,32,34)(H,33,35)/b18-17-/t22-/m1/s1. The van der Waals surface area contributed by atoms with Gasteiger partial charge in [0, 0.05) is 29.0 Å². The predicted octanol–water partition coefficient (Wildman–Crippen LogP) is 5.37. The normalized spacial score (nSPS) is 15.0. The van der Waals surface area contributed by atoms with Crippen LogP contribution < -0.4 is 25.4 Å². The topological polar surface area (TPSA) is 88.7 Å². The highest BCUT2D eigenvalue weighted by Gasteiger charge is 2.32. The van der Waals surface area contributed by atoms with Gasteiger partial charge in [-0.2, -0.15) is 0 Å². The first-order chi connectivity index (χ1) is 18.0. The molecule has 7 nitrogen and oxygen atoms in total. The van der Waals surface area contributed by atoms with Gasteiger partial charge in [0.05, 0.1) is 25.6 Å². The number of nitrogens with one attached hydrogen (secondary N) is 3. The fraction of sp³-hybridized carbons (Fsp3) is 0.133. The average Bonchev–Trinajstić information content (AvgIpc) is 2.92. The van der Waals surface area contributed by atoms with Gasteiger partial charge in [0.25, 0.3) is 11.8 Å². The van der Waals surface area contributed by atoms with Crippen molar-refractivity contribution in [3.63, 3.8) is 0 Å². The van der Waals surface area contributed by atoms with Crippen molar-refractivity contribution in [3.8, 4) is 11.5 Å². The van der Waals surface area contributed by atoms with Crippen LogP contribution in [0.25, 0.3) is 6.08 Å². The van der Waals surface area contributed by atoms with E-state index in [2.05, 4.69) is 16.0 Å². The molecule has 3 aromatic rings. The molecule has 0 radical (unpaired) electrons. The van der Waals surface area contributed by atoms with E-state index in [0.29, 0.717) is 39.7 Å². The Bertz CT molecular complexity index is 1380. The van der Waals surface area contributed by atoms with Gasteiger partial charge in [-0.25, -0.2) is 0 Å². The first-order valence-electron chi connectivity index (χ1n) is 11.8. The zero-order valence-electron chi connectivity index (χ0n) is 20.9. The fourth-order valence-corrected chi connectivity index (χ4v) is 4.11. The summed E-state index contributed by atoms with van der Waals surface area (Å²) in [6.07, 6.45) is 5.41. The van der Waals surface area contributed by atoms with Crippen molar-refractivity contribution >= 4 is 29.3 Å². The first-order valence-corrected chi connectivity index (χ1v) is 11.8. The highest BCUT2D eigenvalue weighted by Crippen LogP contribution is 2.33. The number of allylic oxidation sites excluding steroid dienone is 2. The summed E-state index contributed by atoms with van der Waals surface area (Å²) in [6.45, 7) is 1.81. The van der Waals surface area contributed by atoms with E-state index in [4.69, 9.17) is 9.47 Å². The van der Waals surface area contributed by atoms with Crippen molar-refractivity contribution in [1.82, 2.24) is 5.32 Å². The van der Waals surface area contributed by atoms with Crippen molar-refractivity contribution < 1.29 is 19.1 Å². The number of carbonyl (C=O) groups is 2. The number of carbonyl (C=O) groups excluding carboxylic acids is 2. The van der Waals surface area contributed by atoms with Crippen LogP contribution >= 0.6 is 0 Å². The van der Waals surface area contributed by atoms with Gasteiger partial charge in [-0.3, -0.25) is 9.59 Å². The summed E-state index contributed by atoms with van der Waals surface area (Å²) in [5.74, 6) is -0.232. The number of benzene rings is 3. The Morgan fingerprint density at radius 3 is 1.92 bits per heavy atom. The zero-order valence-corrected chi connectivity index (χ0v) is 20.9. The maximum Gasteiger partial charge on any atom is 0.254 e. The molecule has 2 amide bonds. The van der Waals surface area contributed by atoms with E-state index in [1.807, 2.05) is 73.7 Å². The summed E-state index contributed by atoms with van der Waals surface area (Å²) in [6, 6.07) is 24.1. The lowest BCUT2D eigenvalue weighted by Crippen LogP contribution is -2.33. The number of hydrogen-bond donors (Lipinski definition) is 3. The third kappa shape index (κ3) is 5.90. The molecule has 0 fully saturated rings. The second kappa shape index (κ2) is 11.8. The van der Waals surface area contributed by atoms with Crippen LogP contribution in [0.1, 0.15) is 12.5 Å². The third-order valence-corrected chi connectivity index (χ3v) is 5.99. The summed E-state index contributed by atoms with van der Waals surface area (Å²) in [4.78, 5) is 27.1. The van der Waals surface area contributed by atoms with E-state index < -0.39 is 5.92 Å². The molecule has 3 aromatic carbocycles. The van der Waals surface area contributed by atoms with E-state index in [0.717, 1.165) is 5.56 Å². The molecule has 0 saturated heterocycles. The van der Waals surface area contributed by atoms with Crippen LogP contribution in [0.4, 0.5) is 11.4 Å². The van der Waals surface area contributed by atoms with Gasteiger partial charge in [-0.15, -0.1) is 0 Å². The Hall–Kier alpha value is -4.78. The van der Waals surface area contributed by atoms with E-state index in [9.17, 15) is 9.59 Å². The van der Waals surface area contributed by atoms with Crippen molar-refractivity contribution in [1.29, 1.82) is 0 Å². The minimum atomic E-state index is -0.620. The smallest absolute Gasteiger partial charge is 0.254 e. The van der Waals surface area contributed by atoms with Crippen molar-refractivity contribution in [3.05, 3.63) is 114 Å². The molecule has 1 heterocycles. The van der Waals surface area contributed by atoms with Crippen molar-refractivity contribution in [2.24, 2.45) is 5.92 Å². The predicted molar refractivity (Wildman–Crippen MR) is 146 cm³/mol. The molecule has 0 aliphatic carbocycles. The van der Waals surface area contributed by atoms with E-state index >= 15 is 0 Å². The molecule has 1 aliphatic rings. The molecule has 1 aliphatic heterocycles. The monoisotopic (exact) mass is 495 g/mol. The van der Waals surface area contributed by atoms with Crippen molar-refractivity contribution in [2.45, 2.75) is 6.92 Å². The number of rotatable bonds is 8. The van der Waals surface area contributed by atoms with Crippen LogP contribution in [0.15, 0.2) is 108 Å². The summed E-state index contributed by atoms with van der Waals surface area (Å²) in [5, 5.41) is 8.96. The Kier molecular flexibility index (Phi) is 8.05. The first kappa shape index (κ1) is 25.3. The number of dihydropyridines is 1. The molecule has 0 aromatic heterocycles. The highest BCUT2D eigenvalue weighted by atomic mass is 16.5. The largest absolute Gasteiger partial charge is 0.495 e. The Morgan fingerprint density at radius 2 is 1.32 bits per heavy atom. The van der Waals surface area contributed by atoms with E-state index in [1.165, 1.54) is 0 Å². The SMILES string of the molecule is COc1ccccc1NC(=O)C1=CNC(C)=C(C(=O)Nc2ccccc2OC)[C@@H]1/C=C\c1ccccc1. The number of para-hydroxylation sites is 4. The molecule has 1 atom stereocenters. The molecular weight excluding hydrogens is 466 g/mol. The second-order valence-electron chi connectivity index (χ2n) is 8.34. The molecule has 0 unspecified atom stereocenters. The number of anilines is 2. The molecule has 0 bridgehead atoms. The Balaban J connectivity index is 1.69. The molecule has 0 saturated carbocycles. The minimum Gasteiger partial charge on any atom is -0.495 e. The lowest BCUT2D eigenvalue weighted by molar-refractivity contribution is -0.113. The highest BCUT2D eigenvalue weighted by molar-refractivity contribution is 6.11. The van der Waals surface area contributed by atoms with Gasteiger partial charge < -0.3 is 25.4 Å². The van der Waals surface area contributed by atoms with Crippen LogP contribution in [0, 0.1) is 5.92 Å². The lowest BCUT2D eigenvalue weighted by Gasteiger charge is -2.27. The van der Waals surface area contributed by atoms with E-state index in [-0.39, 0.29) is 11.8 Å². The molecule has 7 heteroatoms. The quantitative estimate of drug-likeness (QED) is 0.391. The molecule has 188 valence electrons. The maximum absolute atomic E-state index is 13.6. The summed E-state index contributed by atoms with van der Waals surface area (Å²) >= 11 is 0. The Morgan fingerprint density at radius 1 is 0.784 bits per heavy atom. The number of amides is 2. The fourth-order valence-electron chi connectivity index (χ4n) is 4.11. The second-order valence-corrected chi connectivity index (χ2v) is 8.34. The molecule has 4 rings (SSSR count). The minimum absolute atomic E-state index is 0.340. The molecular formula is C30H29N3O4. The maximum atomic E-state index is 13.6. The van der Waals surface area contributed by atoms with Crippen LogP contribution in [-0.2, 0) is 9.59 Å². The summed E-state index contributed by atoms with van der Waals surface area (Å²) < 4.78 is 10.8. The third-order valence-electron chi connectivity index (χ3n) is 5.99. The Labute approximate surface area is 216 Å². The number of hydrogen-bond acceptors (Lipinski definition) is 5. The van der Waals surface area contributed by atoms with Crippen molar-refractivity contribution in [2.75, 3.05) is 24.9 Å². The van der Waals surface area contributed by atoms with Gasteiger partial charge in [-0.1, -0.05) is 66.7 Å². The van der Waals surface area contributed by atoms with Gasteiger partial charge >= 0.3 is 0 Å². The lowest BCUT2D eigenvalue weighted by atomic mass is 9.85. The van der Waals surface area contributed by atoms with Gasteiger partial charge in [0.2, 0.25) is 0 Å². The molecule has 37 heavy (non-hydrogen) atoms. The van der Waals surface area contributed by atoms with Gasteiger partial charge in [-0.05, 0) is 36.8 Å². The van der Waals surface area contributed by atoms with Crippen LogP contribution in [0.2, 0.25) is 0 Å². The molecule has 3 N–H and O–H groups in total. The summed E-state index contributed by atoms with van der Waals surface area (Å²) in [7, 11) is 3.09. The van der Waals surface area contributed by atoms with Crippen LogP contribution in [0.5, 0.6) is 11.5 Å². The van der Waals surface area contributed by atoms with Crippen LogP contribution in [0.3, 0.4) is 0 Å².